The monoisotopic (exact) mass is 357 g/mol. The number of rotatable bonds is 2. The largest absolute Gasteiger partial charge is 0.501 e. The molecule has 0 heterocycles. The van der Waals surface area contributed by atoms with Crippen LogP contribution in [0.4, 0.5) is 18.9 Å². The molecule has 0 fully saturated rings. The second-order valence-electron chi connectivity index (χ2n) is 3.42. The molecule has 11 heteroatoms. The minimum atomic E-state index is -5.40. The summed E-state index contributed by atoms with van der Waals surface area (Å²) in [4.78, 5) is 2.51. The molecule has 5 nitrogen and oxygen atoms in total. The van der Waals surface area contributed by atoms with Gasteiger partial charge in [0.2, 0.25) is 6.19 Å². The van der Waals surface area contributed by atoms with E-state index in [9.17, 15) is 21.6 Å². The summed E-state index contributed by atoms with van der Waals surface area (Å²) in [6.45, 7) is 0. The van der Waals surface area contributed by atoms with Crippen LogP contribution in [0.3, 0.4) is 0 Å². The van der Waals surface area contributed by atoms with Gasteiger partial charge in [-0.2, -0.15) is 18.4 Å². The summed E-state index contributed by atoms with van der Waals surface area (Å²) in [6.07, 6.45) is 3.11. The van der Waals surface area contributed by atoms with Crippen LogP contribution in [0.2, 0.25) is 0 Å². The molecule has 0 aliphatic rings. The van der Waals surface area contributed by atoms with E-state index in [0.29, 0.717) is 0 Å². The van der Waals surface area contributed by atoms with Crippen LogP contribution in [0.15, 0.2) is 34.2 Å². The molecule has 1 aromatic rings. The number of nitriles is 1. The van der Waals surface area contributed by atoms with Crippen molar-refractivity contribution in [1.82, 2.24) is 0 Å². The minimum Gasteiger partial charge on any atom is -0.230 e. The summed E-state index contributed by atoms with van der Waals surface area (Å²) in [5.41, 5.74) is -5.21. The van der Waals surface area contributed by atoms with Gasteiger partial charge in [-0.1, -0.05) is 11.8 Å². The zero-order valence-electron chi connectivity index (χ0n) is 10.3. The number of benzene rings is 1. The fraction of sp³-hybridized carbons (Fsp3) is 0.200. The number of aliphatic imine (C=N–C) groups is 1. The molecule has 0 aromatic heterocycles. The van der Waals surface area contributed by atoms with E-state index in [1.807, 2.05) is 0 Å². The lowest BCUT2D eigenvalue weighted by Gasteiger charge is -2.15. The van der Waals surface area contributed by atoms with Crippen molar-refractivity contribution in [2.24, 2.45) is 4.99 Å². The van der Waals surface area contributed by atoms with Crippen molar-refractivity contribution in [2.45, 2.75) is 10.4 Å². The third-order valence-electron chi connectivity index (χ3n) is 2.17. The molecule has 114 valence electrons. The molecule has 0 bridgehead atoms. The lowest BCUT2D eigenvalue weighted by atomic mass is 10.3. The zero-order valence-corrected chi connectivity index (χ0v) is 12.7. The fourth-order valence-corrected chi connectivity index (χ4v) is 2.73. The number of hydrogen-bond donors (Lipinski definition) is 0. The topological polar surface area (TPSA) is 73.5 Å². The normalized spacial score (nSPS) is 12.9. The maximum absolute atomic E-state index is 12.4. The fourth-order valence-electron chi connectivity index (χ4n) is 1.21. The highest BCUT2D eigenvalue weighted by atomic mass is 35.5. The Kier molecular flexibility index (Phi) is 5.49. The predicted octanol–water partition coefficient (Wildman–Crippen LogP) is 3.14. The minimum absolute atomic E-state index is 0.0885. The number of halogens is 4. The number of anilines is 1. The Morgan fingerprint density at radius 2 is 1.90 bits per heavy atom. The summed E-state index contributed by atoms with van der Waals surface area (Å²) >= 11 is 6.90. The number of amidine groups is 1. The van der Waals surface area contributed by atoms with Gasteiger partial charge in [-0.05, 0) is 30.5 Å². The molecule has 0 atom stereocenters. The summed E-state index contributed by atoms with van der Waals surface area (Å²) in [7, 11) is -5.40. The van der Waals surface area contributed by atoms with Crippen molar-refractivity contribution in [3.8, 4) is 6.19 Å². The first-order chi connectivity index (χ1) is 9.65. The van der Waals surface area contributed by atoms with Gasteiger partial charge in [0.25, 0.3) is 9.84 Å². The van der Waals surface area contributed by atoms with E-state index in [2.05, 4.69) is 4.99 Å². The van der Waals surface area contributed by atoms with Crippen molar-refractivity contribution in [2.75, 3.05) is 10.7 Å². The number of nitrogens with zero attached hydrogens (tertiary/aromatic N) is 3. The van der Waals surface area contributed by atoms with Gasteiger partial charge < -0.3 is 0 Å². The lowest BCUT2D eigenvalue weighted by molar-refractivity contribution is -0.0436. The highest BCUT2D eigenvalue weighted by Crippen LogP contribution is 2.31. The zero-order chi connectivity index (χ0) is 16.3. The SMILES string of the molecule is CSC(=NC#N)N(Cl)c1ccc(S(=O)(=O)C(F)(F)F)cc1. The first-order valence-corrected chi connectivity index (χ1v) is 8.08. The van der Waals surface area contributed by atoms with Crippen LogP contribution in [0.1, 0.15) is 0 Å². The first kappa shape index (κ1) is 17.6. The van der Waals surface area contributed by atoms with Crippen LogP contribution in [0, 0.1) is 11.5 Å². The van der Waals surface area contributed by atoms with E-state index in [4.69, 9.17) is 17.0 Å². The Morgan fingerprint density at radius 3 is 2.29 bits per heavy atom. The number of thioether (sulfide) groups is 1. The highest BCUT2D eigenvalue weighted by Gasteiger charge is 2.46. The quantitative estimate of drug-likeness (QED) is 0.352. The highest BCUT2D eigenvalue weighted by molar-refractivity contribution is 8.13. The Hall–Kier alpha value is -1.44. The molecule has 1 rings (SSSR count). The van der Waals surface area contributed by atoms with Gasteiger partial charge in [-0.25, -0.2) is 12.8 Å². The average Bonchev–Trinajstić information content (AvgIpc) is 2.43. The molecule has 0 saturated heterocycles. The van der Waals surface area contributed by atoms with Crippen molar-refractivity contribution in [3.63, 3.8) is 0 Å². The van der Waals surface area contributed by atoms with Crippen molar-refractivity contribution < 1.29 is 21.6 Å². The van der Waals surface area contributed by atoms with E-state index >= 15 is 0 Å². The van der Waals surface area contributed by atoms with E-state index in [1.165, 1.54) is 6.19 Å². The Morgan fingerprint density at radius 1 is 1.38 bits per heavy atom. The third-order valence-corrected chi connectivity index (χ3v) is 4.77. The van der Waals surface area contributed by atoms with E-state index in [1.54, 1.807) is 6.26 Å². The van der Waals surface area contributed by atoms with Gasteiger partial charge in [0.1, 0.15) is 0 Å². The summed E-state index contributed by atoms with van der Waals surface area (Å²) in [6, 6.07) is 3.71. The Bertz CT molecular complexity index is 681. The number of sulfone groups is 1. The predicted molar refractivity (Wildman–Crippen MR) is 74.6 cm³/mol. The summed E-state index contributed by atoms with van der Waals surface area (Å²) < 4.78 is 60.4. The third kappa shape index (κ3) is 3.81. The van der Waals surface area contributed by atoms with Crippen LogP contribution in [0.5, 0.6) is 0 Å². The van der Waals surface area contributed by atoms with Crippen molar-refractivity contribution in [1.29, 1.82) is 5.26 Å². The number of alkyl halides is 3. The Labute approximate surface area is 128 Å². The second kappa shape index (κ2) is 6.55. The van der Waals surface area contributed by atoms with Gasteiger partial charge in [-0.3, -0.25) is 0 Å². The van der Waals surface area contributed by atoms with Gasteiger partial charge >= 0.3 is 5.51 Å². The molecule has 0 aliphatic heterocycles. The average molecular weight is 358 g/mol. The van der Waals surface area contributed by atoms with Crippen LogP contribution in [-0.2, 0) is 9.84 Å². The molecule has 0 N–H and O–H groups in total. The standard InChI is InChI=1S/C10H7ClF3N3O2S2/c1-20-9(16-6-15)17(11)7-2-4-8(5-3-7)21(18,19)10(12,13)14/h2-5H,1H3. The van der Waals surface area contributed by atoms with E-state index < -0.39 is 20.2 Å². The molecular formula is C10H7ClF3N3O2S2. The second-order valence-corrected chi connectivity index (χ2v) is 6.48. The molecule has 0 saturated carbocycles. The molecule has 0 radical (unpaired) electrons. The number of hydrogen-bond acceptors (Lipinski definition) is 5. The Balaban J connectivity index is 3.16. The lowest BCUT2D eigenvalue weighted by Crippen LogP contribution is -2.23. The summed E-state index contributed by atoms with van der Waals surface area (Å²) in [5.74, 6) is 0. The smallest absolute Gasteiger partial charge is 0.230 e. The van der Waals surface area contributed by atoms with Crippen LogP contribution < -0.4 is 4.42 Å². The van der Waals surface area contributed by atoms with E-state index in [-0.39, 0.29) is 10.9 Å². The summed E-state index contributed by atoms with van der Waals surface area (Å²) in [5, 5.41) is 8.55. The molecule has 0 spiro atoms. The maximum Gasteiger partial charge on any atom is 0.501 e. The van der Waals surface area contributed by atoms with Crippen molar-refractivity contribution >= 4 is 44.2 Å². The van der Waals surface area contributed by atoms with Gasteiger partial charge in [0, 0.05) is 11.8 Å². The van der Waals surface area contributed by atoms with Crippen LogP contribution >= 0.6 is 23.5 Å². The van der Waals surface area contributed by atoms with Gasteiger partial charge in [0.15, 0.2) is 5.17 Å². The molecule has 21 heavy (non-hydrogen) atoms. The van der Waals surface area contributed by atoms with Gasteiger partial charge in [0.05, 0.1) is 10.6 Å². The molecule has 0 aliphatic carbocycles. The first-order valence-electron chi connectivity index (χ1n) is 5.03. The van der Waals surface area contributed by atoms with Gasteiger partial charge in [-0.15, -0.1) is 4.99 Å². The van der Waals surface area contributed by atoms with E-state index in [0.717, 1.165) is 40.4 Å². The molecule has 0 amide bonds. The maximum atomic E-state index is 12.4. The molecule has 1 aromatic carbocycles. The molecule has 0 unspecified atom stereocenters. The van der Waals surface area contributed by atoms with Crippen LogP contribution in [0.25, 0.3) is 0 Å². The van der Waals surface area contributed by atoms with Crippen molar-refractivity contribution in [3.05, 3.63) is 24.3 Å². The van der Waals surface area contributed by atoms with Crippen LogP contribution in [-0.4, -0.2) is 25.3 Å². The molecular weight excluding hydrogens is 351 g/mol.